The van der Waals surface area contributed by atoms with Gasteiger partial charge in [-0.1, -0.05) is 19.9 Å². The predicted octanol–water partition coefficient (Wildman–Crippen LogP) is 2.08. The highest BCUT2D eigenvalue weighted by Crippen LogP contribution is 2.15. The maximum absolute atomic E-state index is 3.14. The lowest BCUT2D eigenvalue weighted by molar-refractivity contribution is 0.661. The van der Waals surface area contributed by atoms with Crippen molar-refractivity contribution in [3.63, 3.8) is 0 Å². The second kappa shape index (κ2) is 3.45. The van der Waals surface area contributed by atoms with Crippen LogP contribution >= 0.6 is 0 Å². The molecule has 0 radical (unpaired) electrons. The molecule has 1 atom stereocenters. The summed E-state index contributed by atoms with van der Waals surface area (Å²) < 4.78 is 0. The van der Waals surface area contributed by atoms with Gasteiger partial charge in [-0.3, -0.25) is 0 Å². The minimum absolute atomic E-state index is 0.721. The van der Waals surface area contributed by atoms with E-state index in [1.54, 1.807) is 0 Å². The number of dihydropyridines is 1. The molecule has 0 aromatic heterocycles. The molecule has 1 nitrogen and oxygen atoms in total. The normalized spacial score (nSPS) is 19.6. The van der Waals surface area contributed by atoms with Crippen molar-refractivity contribution in [1.82, 2.24) is 5.32 Å². The lowest BCUT2D eigenvalue weighted by Gasteiger charge is -2.13. The molecule has 0 bridgehead atoms. The fourth-order valence-corrected chi connectivity index (χ4v) is 1.07. The van der Waals surface area contributed by atoms with E-state index in [9.17, 15) is 0 Å². The number of hydrogen-bond acceptors (Lipinski definition) is 1. The molecule has 1 rings (SSSR count). The van der Waals surface area contributed by atoms with Gasteiger partial charge in [0.1, 0.15) is 0 Å². The van der Waals surface area contributed by atoms with Crippen molar-refractivity contribution in [3.05, 3.63) is 23.9 Å². The molecule has 10 heavy (non-hydrogen) atoms. The molecule has 1 heterocycles. The fraction of sp³-hybridized carbons (Fsp3) is 0.556. The lowest BCUT2D eigenvalue weighted by atomic mass is 9.97. The van der Waals surface area contributed by atoms with Gasteiger partial charge in [0.15, 0.2) is 0 Å². The van der Waals surface area contributed by atoms with E-state index in [0.29, 0.717) is 0 Å². The summed E-state index contributed by atoms with van der Waals surface area (Å²) in [6.45, 7) is 5.49. The van der Waals surface area contributed by atoms with Gasteiger partial charge in [0.2, 0.25) is 0 Å². The summed E-state index contributed by atoms with van der Waals surface area (Å²) in [7, 11) is 0. The van der Waals surface area contributed by atoms with Crippen LogP contribution in [0.15, 0.2) is 23.9 Å². The third-order valence-electron chi connectivity index (χ3n) is 2.03. The second-order valence-corrected chi connectivity index (χ2v) is 2.76. The Kier molecular flexibility index (Phi) is 2.55. The van der Waals surface area contributed by atoms with E-state index in [0.717, 1.165) is 12.5 Å². The van der Waals surface area contributed by atoms with E-state index in [-0.39, 0.29) is 0 Å². The summed E-state index contributed by atoms with van der Waals surface area (Å²) in [4.78, 5) is 0. The van der Waals surface area contributed by atoms with E-state index >= 15 is 0 Å². The molecular formula is C9H15N. The molecular weight excluding hydrogens is 122 g/mol. The van der Waals surface area contributed by atoms with Crippen molar-refractivity contribution in [2.24, 2.45) is 5.92 Å². The van der Waals surface area contributed by atoms with E-state index < -0.39 is 0 Å². The van der Waals surface area contributed by atoms with Gasteiger partial charge in [-0.25, -0.2) is 0 Å². The average Bonchev–Trinajstić information content (AvgIpc) is 2.05. The number of nitrogens with one attached hydrogen (secondary N) is 1. The van der Waals surface area contributed by atoms with Crippen molar-refractivity contribution in [2.45, 2.75) is 20.3 Å². The van der Waals surface area contributed by atoms with Crippen LogP contribution < -0.4 is 5.32 Å². The van der Waals surface area contributed by atoms with E-state index in [4.69, 9.17) is 0 Å². The minimum atomic E-state index is 0.721. The summed E-state index contributed by atoms with van der Waals surface area (Å²) >= 11 is 0. The molecule has 0 aromatic rings. The summed E-state index contributed by atoms with van der Waals surface area (Å²) in [5, 5.41) is 3.14. The monoisotopic (exact) mass is 137 g/mol. The zero-order valence-electron chi connectivity index (χ0n) is 6.72. The molecule has 0 aromatic carbocycles. The summed E-state index contributed by atoms with van der Waals surface area (Å²) in [5.74, 6) is 0.721. The van der Waals surface area contributed by atoms with Crippen LogP contribution in [0.3, 0.4) is 0 Å². The fourth-order valence-electron chi connectivity index (χ4n) is 1.07. The molecule has 0 saturated heterocycles. The molecule has 0 spiro atoms. The Balaban J connectivity index is 2.54. The number of rotatable bonds is 2. The van der Waals surface area contributed by atoms with E-state index in [2.05, 4.69) is 31.3 Å². The Hall–Kier alpha value is -0.720. The van der Waals surface area contributed by atoms with Crippen LogP contribution in [-0.2, 0) is 0 Å². The summed E-state index contributed by atoms with van der Waals surface area (Å²) in [6.07, 6.45) is 7.68. The number of hydrogen-bond donors (Lipinski definition) is 1. The maximum atomic E-state index is 3.14. The standard InChI is InChI=1S/C9H15N/c1-3-8(2)9-4-6-10-7-5-9/h4-6,8,10H,3,7H2,1-2H3. The van der Waals surface area contributed by atoms with Gasteiger partial charge in [-0.05, 0) is 30.2 Å². The van der Waals surface area contributed by atoms with Gasteiger partial charge in [0.25, 0.3) is 0 Å². The van der Waals surface area contributed by atoms with Gasteiger partial charge in [0, 0.05) is 6.54 Å². The molecule has 1 unspecified atom stereocenters. The molecule has 1 aliphatic rings. The zero-order valence-corrected chi connectivity index (χ0v) is 6.72. The zero-order chi connectivity index (χ0) is 7.40. The molecule has 1 N–H and O–H groups in total. The molecule has 0 fully saturated rings. The van der Waals surface area contributed by atoms with Gasteiger partial charge in [-0.15, -0.1) is 0 Å². The van der Waals surface area contributed by atoms with Crippen LogP contribution in [0, 0.1) is 5.92 Å². The Morgan fingerprint density at radius 2 is 2.50 bits per heavy atom. The Morgan fingerprint density at radius 1 is 1.70 bits per heavy atom. The maximum Gasteiger partial charge on any atom is 0.0331 e. The predicted molar refractivity (Wildman–Crippen MR) is 44.7 cm³/mol. The van der Waals surface area contributed by atoms with Gasteiger partial charge >= 0.3 is 0 Å². The second-order valence-electron chi connectivity index (χ2n) is 2.76. The SMILES string of the molecule is CCC(C)C1=CCNC=C1. The molecule has 1 heteroatoms. The average molecular weight is 137 g/mol. The van der Waals surface area contributed by atoms with Crippen molar-refractivity contribution < 1.29 is 0 Å². The van der Waals surface area contributed by atoms with Crippen molar-refractivity contribution in [2.75, 3.05) is 6.54 Å². The number of allylic oxidation sites excluding steroid dienone is 2. The van der Waals surface area contributed by atoms with Crippen molar-refractivity contribution >= 4 is 0 Å². The van der Waals surface area contributed by atoms with Gasteiger partial charge < -0.3 is 5.32 Å². The van der Waals surface area contributed by atoms with Gasteiger partial charge in [-0.2, -0.15) is 0 Å². The highest BCUT2D eigenvalue weighted by molar-refractivity contribution is 5.24. The quantitative estimate of drug-likeness (QED) is 0.614. The smallest absolute Gasteiger partial charge is 0.0331 e. The summed E-state index contributed by atoms with van der Waals surface area (Å²) in [5.41, 5.74) is 1.47. The van der Waals surface area contributed by atoms with Crippen LogP contribution in [0.25, 0.3) is 0 Å². The lowest BCUT2D eigenvalue weighted by Crippen LogP contribution is -2.11. The topological polar surface area (TPSA) is 12.0 Å². The first-order valence-electron chi connectivity index (χ1n) is 3.94. The Morgan fingerprint density at radius 3 is 3.00 bits per heavy atom. The van der Waals surface area contributed by atoms with Crippen molar-refractivity contribution in [3.8, 4) is 0 Å². The van der Waals surface area contributed by atoms with Gasteiger partial charge in [0.05, 0.1) is 0 Å². The first kappa shape index (κ1) is 7.39. The molecule has 1 aliphatic heterocycles. The Bertz CT molecular complexity index is 156. The first-order chi connectivity index (χ1) is 4.84. The van der Waals surface area contributed by atoms with Crippen LogP contribution in [0.4, 0.5) is 0 Å². The van der Waals surface area contributed by atoms with E-state index in [1.165, 1.54) is 12.0 Å². The van der Waals surface area contributed by atoms with Crippen LogP contribution in [-0.4, -0.2) is 6.54 Å². The van der Waals surface area contributed by atoms with E-state index in [1.807, 2.05) is 6.20 Å². The van der Waals surface area contributed by atoms with Crippen LogP contribution in [0.1, 0.15) is 20.3 Å². The molecule has 0 amide bonds. The Labute approximate surface area is 62.8 Å². The third kappa shape index (κ3) is 1.63. The molecule has 56 valence electrons. The highest BCUT2D eigenvalue weighted by Gasteiger charge is 2.03. The summed E-state index contributed by atoms with van der Waals surface area (Å²) in [6, 6.07) is 0. The van der Waals surface area contributed by atoms with Crippen LogP contribution in [0.2, 0.25) is 0 Å². The third-order valence-corrected chi connectivity index (χ3v) is 2.03. The minimum Gasteiger partial charge on any atom is -0.387 e. The largest absolute Gasteiger partial charge is 0.387 e. The first-order valence-corrected chi connectivity index (χ1v) is 3.94. The molecule has 0 aliphatic carbocycles. The van der Waals surface area contributed by atoms with Crippen molar-refractivity contribution in [1.29, 1.82) is 0 Å². The molecule has 0 saturated carbocycles. The highest BCUT2D eigenvalue weighted by atomic mass is 14.8. The van der Waals surface area contributed by atoms with Crippen LogP contribution in [0.5, 0.6) is 0 Å².